The molecule has 0 aliphatic carbocycles. The zero-order chi connectivity index (χ0) is 14.8. The van der Waals surface area contributed by atoms with Crippen molar-refractivity contribution in [3.05, 3.63) is 71.7 Å². The molecular formula is C17H15FN2O. The minimum absolute atomic E-state index is 0.150. The fraction of sp³-hybridized carbons (Fsp3) is 0.118. The Bertz CT molecular complexity index is 771. The van der Waals surface area contributed by atoms with Crippen LogP contribution in [0.4, 0.5) is 4.39 Å². The van der Waals surface area contributed by atoms with Crippen LogP contribution in [0.1, 0.15) is 17.2 Å². The van der Waals surface area contributed by atoms with Crippen LogP contribution in [-0.2, 0) is 0 Å². The average Bonchev–Trinajstić information content (AvgIpc) is 2.52. The van der Waals surface area contributed by atoms with Crippen LogP contribution in [0.25, 0.3) is 10.9 Å². The molecule has 3 rings (SSSR count). The monoisotopic (exact) mass is 282 g/mol. The molecule has 0 aliphatic heterocycles. The first kappa shape index (κ1) is 13.5. The SMILES string of the molecule is CNC(c1ccc(F)cc1)c1ccc2cccnc2c1O. The molecule has 0 bridgehead atoms. The lowest BCUT2D eigenvalue weighted by Gasteiger charge is -2.19. The van der Waals surface area contributed by atoms with E-state index >= 15 is 0 Å². The Labute approximate surface area is 122 Å². The van der Waals surface area contributed by atoms with Crippen LogP contribution < -0.4 is 5.32 Å². The zero-order valence-electron chi connectivity index (χ0n) is 11.5. The van der Waals surface area contributed by atoms with Crippen molar-refractivity contribution in [2.45, 2.75) is 6.04 Å². The summed E-state index contributed by atoms with van der Waals surface area (Å²) in [5, 5.41) is 14.5. The highest BCUT2D eigenvalue weighted by Gasteiger charge is 2.18. The second-order valence-electron chi connectivity index (χ2n) is 4.85. The highest BCUT2D eigenvalue weighted by atomic mass is 19.1. The Morgan fingerprint density at radius 1 is 1.10 bits per heavy atom. The standard InChI is InChI=1S/C17H15FN2O/c1-19-15(12-4-7-13(18)8-5-12)14-9-6-11-3-2-10-20-16(11)17(14)21/h2-10,15,19,21H,1H3. The van der Waals surface area contributed by atoms with Crippen LogP contribution in [0.3, 0.4) is 0 Å². The van der Waals surface area contributed by atoms with E-state index < -0.39 is 0 Å². The van der Waals surface area contributed by atoms with Crippen LogP contribution in [0.15, 0.2) is 54.7 Å². The Balaban J connectivity index is 2.12. The zero-order valence-corrected chi connectivity index (χ0v) is 11.5. The lowest BCUT2D eigenvalue weighted by atomic mass is 9.96. The van der Waals surface area contributed by atoms with Gasteiger partial charge in [-0.25, -0.2) is 4.39 Å². The molecule has 1 aromatic heterocycles. The van der Waals surface area contributed by atoms with Gasteiger partial charge in [-0.3, -0.25) is 4.98 Å². The van der Waals surface area contributed by atoms with Crippen molar-refractivity contribution in [3.63, 3.8) is 0 Å². The van der Waals surface area contributed by atoms with E-state index in [0.29, 0.717) is 5.52 Å². The van der Waals surface area contributed by atoms with E-state index in [0.717, 1.165) is 16.5 Å². The smallest absolute Gasteiger partial charge is 0.146 e. The highest BCUT2D eigenvalue weighted by molar-refractivity contribution is 5.85. The Morgan fingerprint density at radius 3 is 2.57 bits per heavy atom. The average molecular weight is 282 g/mol. The van der Waals surface area contributed by atoms with E-state index in [1.165, 1.54) is 12.1 Å². The quantitative estimate of drug-likeness (QED) is 0.774. The van der Waals surface area contributed by atoms with Crippen molar-refractivity contribution in [2.75, 3.05) is 7.05 Å². The molecule has 0 spiro atoms. The molecule has 21 heavy (non-hydrogen) atoms. The van der Waals surface area contributed by atoms with Gasteiger partial charge in [-0.1, -0.05) is 30.3 Å². The summed E-state index contributed by atoms with van der Waals surface area (Å²) < 4.78 is 13.1. The number of nitrogens with one attached hydrogen (secondary N) is 1. The summed E-state index contributed by atoms with van der Waals surface area (Å²) in [7, 11) is 1.80. The summed E-state index contributed by atoms with van der Waals surface area (Å²) in [6.07, 6.45) is 1.65. The van der Waals surface area contributed by atoms with Gasteiger partial charge in [-0.15, -0.1) is 0 Å². The number of phenolic OH excluding ortho intramolecular Hbond substituents is 1. The molecule has 0 fully saturated rings. The number of aromatic hydroxyl groups is 1. The number of phenols is 1. The molecule has 2 aromatic carbocycles. The van der Waals surface area contributed by atoms with Crippen molar-refractivity contribution in [3.8, 4) is 5.75 Å². The van der Waals surface area contributed by atoms with Gasteiger partial charge in [-0.05, 0) is 30.8 Å². The molecule has 0 amide bonds. The van der Waals surface area contributed by atoms with Crippen LogP contribution in [0, 0.1) is 5.82 Å². The summed E-state index contributed by atoms with van der Waals surface area (Å²) in [6, 6.07) is 13.5. The van der Waals surface area contributed by atoms with Crippen molar-refractivity contribution in [2.24, 2.45) is 0 Å². The Morgan fingerprint density at radius 2 is 1.86 bits per heavy atom. The minimum atomic E-state index is -0.280. The van der Waals surface area contributed by atoms with Gasteiger partial charge in [0.05, 0.1) is 6.04 Å². The Hall–Kier alpha value is -2.46. The van der Waals surface area contributed by atoms with E-state index in [2.05, 4.69) is 10.3 Å². The van der Waals surface area contributed by atoms with Crippen LogP contribution >= 0.6 is 0 Å². The van der Waals surface area contributed by atoms with Crippen LogP contribution in [0.5, 0.6) is 5.75 Å². The number of rotatable bonds is 3. The highest BCUT2D eigenvalue weighted by Crippen LogP contribution is 2.34. The number of aromatic nitrogens is 1. The van der Waals surface area contributed by atoms with Crippen LogP contribution in [0.2, 0.25) is 0 Å². The van der Waals surface area contributed by atoms with Crippen molar-refractivity contribution < 1.29 is 9.50 Å². The van der Waals surface area contributed by atoms with E-state index in [-0.39, 0.29) is 17.6 Å². The van der Waals surface area contributed by atoms with Gasteiger partial charge in [0.1, 0.15) is 17.1 Å². The summed E-state index contributed by atoms with van der Waals surface area (Å²) in [4.78, 5) is 4.23. The molecular weight excluding hydrogens is 267 g/mol. The number of hydrogen-bond donors (Lipinski definition) is 2. The number of benzene rings is 2. The molecule has 1 unspecified atom stereocenters. The maximum Gasteiger partial charge on any atom is 0.146 e. The molecule has 0 saturated heterocycles. The molecule has 2 N–H and O–H groups in total. The van der Waals surface area contributed by atoms with Gasteiger partial charge < -0.3 is 10.4 Å². The molecule has 1 atom stereocenters. The number of nitrogens with zero attached hydrogens (tertiary/aromatic N) is 1. The molecule has 0 aliphatic rings. The van der Waals surface area contributed by atoms with E-state index in [9.17, 15) is 9.50 Å². The predicted molar refractivity (Wildman–Crippen MR) is 80.7 cm³/mol. The summed E-state index contributed by atoms with van der Waals surface area (Å²) in [5.41, 5.74) is 2.16. The van der Waals surface area contributed by atoms with Gasteiger partial charge in [0.25, 0.3) is 0 Å². The first-order valence-electron chi connectivity index (χ1n) is 6.70. The first-order valence-corrected chi connectivity index (χ1v) is 6.70. The maximum atomic E-state index is 13.1. The largest absolute Gasteiger partial charge is 0.505 e. The molecule has 3 nitrogen and oxygen atoms in total. The van der Waals surface area contributed by atoms with Gasteiger partial charge >= 0.3 is 0 Å². The van der Waals surface area contributed by atoms with E-state index in [1.54, 1.807) is 25.4 Å². The number of fused-ring (bicyclic) bond motifs is 1. The normalized spacial score (nSPS) is 12.5. The lowest BCUT2D eigenvalue weighted by Crippen LogP contribution is -2.17. The fourth-order valence-electron chi connectivity index (χ4n) is 2.54. The minimum Gasteiger partial charge on any atom is -0.505 e. The van der Waals surface area contributed by atoms with Gasteiger partial charge in [0.2, 0.25) is 0 Å². The van der Waals surface area contributed by atoms with E-state index in [4.69, 9.17) is 0 Å². The number of halogens is 1. The third-order valence-electron chi connectivity index (χ3n) is 3.58. The molecule has 106 valence electrons. The molecule has 4 heteroatoms. The van der Waals surface area contributed by atoms with Gasteiger partial charge in [0.15, 0.2) is 0 Å². The second kappa shape index (κ2) is 5.50. The van der Waals surface area contributed by atoms with Crippen molar-refractivity contribution in [1.82, 2.24) is 10.3 Å². The van der Waals surface area contributed by atoms with Gasteiger partial charge in [0, 0.05) is 17.1 Å². The third-order valence-corrected chi connectivity index (χ3v) is 3.58. The lowest BCUT2D eigenvalue weighted by molar-refractivity contribution is 0.466. The maximum absolute atomic E-state index is 13.1. The second-order valence-corrected chi connectivity index (χ2v) is 4.85. The molecule has 0 radical (unpaired) electrons. The number of hydrogen-bond acceptors (Lipinski definition) is 3. The molecule has 3 aromatic rings. The Kier molecular flexibility index (Phi) is 3.54. The van der Waals surface area contributed by atoms with Gasteiger partial charge in [-0.2, -0.15) is 0 Å². The van der Waals surface area contributed by atoms with E-state index in [1.807, 2.05) is 24.3 Å². The third kappa shape index (κ3) is 2.45. The fourth-order valence-corrected chi connectivity index (χ4v) is 2.54. The predicted octanol–water partition coefficient (Wildman–Crippen LogP) is 3.39. The summed E-state index contributed by atoms with van der Waals surface area (Å²) >= 11 is 0. The van der Waals surface area contributed by atoms with Crippen molar-refractivity contribution >= 4 is 10.9 Å². The first-order chi connectivity index (χ1) is 10.2. The molecule has 0 saturated carbocycles. The number of pyridine rings is 1. The van der Waals surface area contributed by atoms with Crippen LogP contribution in [-0.4, -0.2) is 17.1 Å². The summed E-state index contributed by atoms with van der Waals surface area (Å²) in [5.74, 6) is -0.130. The van der Waals surface area contributed by atoms with Crippen molar-refractivity contribution in [1.29, 1.82) is 0 Å². The molecule has 1 heterocycles. The summed E-state index contributed by atoms with van der Waals surface area (Å²) in [6.45, 7) is 0. The topological polar surface area (TPSA) is 45.2 Å².